The van der Waals surface area contributed by atoms with Crippen molar-refractivity contribution in [2.24, 2.45) is 0 Å². The van der Waals surface area contributed by atoms with Crippen molar-refractivity contribution >= 4 is 15.9 Å². The number of halogens is 3. The number of benzene rings is 2. The highest BCUT2D eigenvalue weighted by Crippen LogP contribution is 2.31. The number of ether oxygens (including phenoxy) is 1. The molecule has 0 saturated heterocycles. The van der Waals surface area contributed by atoms with E-state index in [4.69, 9.17) is 4.74 Å². The monoisotopic (exact) mass is 342 g/mol. The van der Waals surface area contributed by atoms with E-state index in [0.717, 1.165) is 11.6 Å². The van der Waals surface area contributed by atoms with E-state index in [9.17, 15) is 13.9 Å². The van der Waals surface area contributed by atoms with Gasteiger partial charge in [0, 0.05) is 6.42 Å². The minimum atomic E-state index is -0.999. The van der Waals surface area contributed by atoms with Gasteiger partial charge in [-0.1, -0.05) is 24.3 Å². The molecule has 106 valence electrons. The summed E-state index contributed by atoms with van der Waals surface area (Å²) in [7, 11) is 1.54. The van der Waals surface area contributed by atoms with E-state index in [1.165, 1.54) is 6.07 Å². The van der Waals surface area contributed by atoms with Gasteiger partial charge in [0.25, 0.3) is 0 Å². The Balaban J connectivity index is 2.29. The van der Waals surface area contributed by atoms with Gasteiger partial charge in [0.15, 0.2) is 11.6 Å². The summed E-state index contributed by atoms with van der Waals surface area (Å²) in [6.45, 7) is 0. The molecule has 0 aliphatic rings. The van der Waals surface area contributed by atoms with Crippen LogP contribution in [-0.2, 0) is 6.42 Å². The Hall–Kier alpha value is -1.46. The molecule has 0 heterocycles. The first-order chi connectivity index (χ1) is 9.54. The average molecular weight is 343 g/mol. The Morgan fingerprint density at radius 3 is 2.60 bits per heavy atom. The summed E-state index contributed by atoms with van der Waals surface area (Å²) in [4.78, 5) is 0. The maximum Gasteiger partial charge on any atom is 0.173 e. The Morgan fingerprint density at radius 1 is 1.20 bits per heavy atom. The van der Waals surface area contributed by atoms with Gasteiger partial charge in [-0.25, -0.2) is 8.78 Å². The second-order valence-corrected chi connectivity index (χ2v) is 5.09. The number of methoxy groups -OCH3 is 1. The molecule has 0 aliphatic carbocycles. The van der Waals surface area contributed by atoms with Crippen molar-refractivity contribution < 1.29 is 18.6 Å². The lowest BCUT2D eigenvalue weighted by Crippen LogP contribution is -2.05. The van der Waals surface area contributed by atoms with Crippen LogP contribution in [-0.4, -0.2) is 12.2 Å². The Labute approximate surface area is 124 Å². The fourth-order valence-electron chi connectivity index (χ4n) is 1.99. The topological polar surface area (TPSA) is 29.5 Å². The predicted molar refractivity (Wildman–Crippen MR) is 75.7 cm³/mol. The van der Waals surface area contributed by atoms with Gasteiger partial charge in [0.2, 0.25) is 0 Å². The van der Waals surface area contributed by atoms with E-state index in [2.05, 4.69) is 15.9 Å². The third-order valence-corrected chi connectivity index (χ3v) is 3.84. The van der Waals surface area contributed by atoms with Crippen LogP contribution in [0.3, 0.4) is 0 Å². The molecule has 1 unspecified atom stereocenters. The lowest BCUT2D eigenvalue weighted by atomic mass is 10.0. The van der Waals surface area contributed by atoms with Crippen LogP contribution in [0.15, 0.2) is 40.9 Å². The Kier molecular flexibility index (Phi) is 4.73. The highest BCUT2D eigenvalue weighted by atomic mass is 79.9. The van der Waals surface area contributed by atoms with Gasteiger partial charge >= 0.3 is 0 Å². The molecule has 0 aromatic heterocycles. The molecule has 0 spiro atoms. The second-order valence-electron chi connectivity index (χ2n) is 4.30. The van der Waals surface area contributed by atoms with E-state index in [1.807, 2.05) is 18.2 Å². The zero-order chi connectivity index (χ0) is 14.7. The van der Waals surface area contributed by atoms with Crippen molar-refractivity contribution in [3.63, 3.8) is 0 Å². The molecule has 2 aromatic carbocycles. The number of aliphatic hydroxyl groups excluding tert-OH is 1. The van der Waals surface area contributed by atoms with Gasteiger partial charge in [-0.15, -0.1) is 0 Å². The summed E-state index contributed by atoms with van der Waals surface area (Å²) >= 11 is 2.97. The van der Waals surface area contributed by atoms with Gasteiger partial charge in [0.05, 0.1) is 17.7 Å². The van der Waals surface area contributed by atoms with E-state index < -0.39 is 17.7 Å². The summed E-state index contributed by atoms with van der Waals surface area (Å²) in [5.41, 5.74) is 1.09. The van der Waals surface area contributed by atoms with Crippen LogP contribution >= 0.6 is 15.9 Å². The van der Waals surface area contributed by atoms with Gasteiger partial charge in [-0.05, 0) is 39.2 Å². The van der Waals surface area contributed by atoms with Crippen molar-refractivity contribution in [2.45, 2.75) is 12.5 Å². The molecule has 20 heavy (non-hydrogen) atoms. The number of para-hydroxylation sites is 1. The van der Waals surface area contributed by atoms with E-state index in [0.29, 0.717) is 11.3 Å². The molecule has 0 radical (unpaired) electrons. The van der Waals surface area contributed by atoms with Gasteiger partial charge < -0.3 is 9.84 Å². The minimum absolute atomic E-state index is 0.0557. The van der Waals surface area contributed by atoms with E-state index in [-0.39, 0.29) is 10.9 Å². The van der Waals surface area contributed by atoms with Crippen molar-refractivity contribution in [1.29, 1.82) is 0 Å². The average Bonchev–Trinajstić information content (AvgIpc) is 2.45. The molecule has 0 bridgehead atoms. The van der Waals surface area contributed by atoms with Crippen molar-refractivity contribution in [2.75, 3.05) is 7.11 Å². The van der Waals surface area contributed by atoms with Crippen molar-refractivity contribution in [3.8, 4) is 5.75 Å². The van der Waals surface area contributed by atoms with E-state index in [1.54, 1.807) is 13.2 Å². The minimum Gasteiger partial charge on any atom is -0.496 e. The predicted octanol–water partition coefficient (Wildman–Crippen LogP) is 4.01. The Morgan fingerprint density at radius 2 is 1.90 bits per heavy atom. The molecule has 0 amide bonds. The summed E-state index contributed by atoms with van der Waals surface area (Å²) in [6, 6.07) is 9.61. The number of rotatable bonds is 4. The fraction of sp³-hybridized carbons (Fsp3) is 0.200. The molecular weight excluding hydrogens is 330 g/mol. The number of hydrogen-bond donors (Lipinski definition) is 1. The highest BCUT2D eigenvalue weighted by molar-refractivity contribution is 9.10. The maximum absolute atomic E-state index is 13.5. The van der Waals surface area contributed by atoms with Gasteiger partial charge in [0.1, 0.15) is 5.75 Å². The molecule has 2 rings (SSSR count). The SMILES string of the molecule is COc1ccccc1CC(O)c1ccc(F)c(F)c1Br. The van der Waals surface area contributed by atoms with Gasteiger partial charge in [-0.2, -0.15) is 0 Å². The summed E-state index contributed by atoms with van der Waals surface area (Å²) in [6.07, 6.45) is -0.719. The van der Waals surface area contributed by atoms with Crippen LogP contribution in [0.1, 0.15) is 17.2 Å². The van der Waals surface area contributed by atoms with Crippen LogP contribution in [0, 0.1) is 11.6 Å². The Bertz CT molecular complexity index is 617. The summed E-state index contributed by atoms with van der Waals surface area (Å²) in [5, 5.41) is 10.2. The summed E-state index contributed by atoms with van der Waals surface area (Å²) in [5.74, 6) is -1.31. The molecular formula is C15H13BrF2O2. The second kappa shape index (κ2) is 6.33. The molecule has 0 aliphatic heterocycles. The van der Waals surface area contributed by atoms with Gasteiger partial charge in [-0.3, -0.25) is 0 Å². The van der Waals surface area contributed by atoms with Crippen LogP contribution in [0.5, 0.6) is 5.75 Å². The quantitative estimate of drug-likeness (QED) is 0.850. The first-order valence-corrected chi connectivity index (χ1v) is 6.77. The molecule has 2 nitrogen and oxygen atoms in total. The molecule has 5 heteroatoms. The lowest BCUT2D eigenvalue weighted by molar-refractivity contribution is 0.175. The third kappa shape index (κ3) is 2.99. The molecule has 1 atom stereocenters. The number of aliphatic hydroxyl groups is 1. The van der Waals surface area contributed by atoms with Crippen LogP contribution in [0.4, 0.5) is 8.78 Å². The van der Waals surface area contributed by atoms with Crippen LogP contribution < -0.4 is 4.74 Å². The largest absolute Gasteiger partial charge is 0.496 e. The highest BCUT2D eigenvalue weighted by Gasteiger charge is 2.18. The number of hydrogen-bond acceptors (Lipinski definition) is 2. The smallest absolute Gasteiger partial charge is 0.173 e. The lowest BCUT2D eigenvalue weighted by Gasteiger charge is -2.15. The van der Waals surface area contributed by atoms with Crippen molar-refractivity contribution in [1.82, 2.24) is 0 Å². The molecule has 0 fully saturated rings. The van der Waals surface area contributed by atoms with Crippen LogP contribution in [0.25, 0.3) is 0 Å². The standard InChI is InChI=1S/C15H13BrF2O2/c1-20-13-5-3-2-4-9(13)8-12(19)10-6-7-11(17)15(18)14(10)16/h2-7,12,19H,8H2,1H3. The first-order valence-electron chi connectivity index (χ1n) is 5.98. The molecule has 2 aromatic rings. The fourth-order valence-corrected chi connectivity index (χ4v) is 2.57. The normalized spacial score (nSPS) is 12.2. The zero-order valence-corrected chi connectivity index (χ0v) is 12.3. The van der Waals surface area contributed by atoms with Crippen LogP contribution in [0.2, 0.25) is 0 Å². The maximum atomic E-state index is 13.5. The zero-order valence-electron chi connectivity index (χ0n) is 10.7. The first kappa shape index (κ1) is 14.9. The molecule has 1 N–H and O–H groups in total. The summed E-state index contributed by atoms with van der Waals surface area (Å²) < 4.78 is 31.7. The van der Waals surface area contributed by atoms with E-state index >= 15 is 0 Å². The third-order valence-electron chi connectivity index (χ3n) is 3.03. The van der Waals surface area contributed by atoms with Crippen molar-refractivity contribution in [3.05, 3.63) is 63.6 Å². The molecule has 0 saturated carbocycles.